The molecule has 19 heavy (non-hydrogen) atoms. The van der Waals surface area contributed by atoms with E-state index in [1.165, 1.54) is 27.9 Å². The molecular weight excluding hydrogens is 230 g/mol. The molecule has 0 saturated heterocycles. The maximum atomic E-state index is 2.22. The first-order valence-corrected chi connectivity index (χ1v) is 6.59. The second-order valence-electron chi connectivity index (χ2n) is 5.18. The summed E-state index contributed by atoms with van der Waals surface area (Å²) in [6.07, 6.45) is 4.34. The summed E-state index contributed by atoms with van der Waals surface area (Å²) in [7, 11) is 4.13. The highest BCUT2D eigenvalue weighted by atomic mass is 15.1. The zero-order valence-electron chi connectivity index (χ0n) is 12.1. The van der Waals surface area contributed by atoms with E-state index in [0.29, 0.717) is 0 Å². The molecule has 0 radical (unpaired) electrons. The molecule has 0 aliphatic rings. The molecular formula is C18H21N. The Bertz CT molecular complexity index is 577. The minimum Gasteiger partial charge on any atom is -0.378 e. The quantitative estimate of drug-likeness (QED) is 0.724. The highest BCUT2D eigenvalue weighted by molar-refractivity contribution is 5.72. The molecule has 2 rings (SSSR count). The van der Waals surface area contributed by atoms with Crippen molar-refractivity contribution in [3.63, 3.8) is 0 Å². The molecule has 0 aromatic heterocycles. The Kier molecular flexibility index (Phi) is 4.06. The van der Waals surface area contributed by atoms with Gasteiger partial charge in [0.2, 0.25) is 0 Å². The molecule has 0 fully saturated rings. The Morgan fingerprint density at radius 3 is 2.11 bits per heavy atom. The van der Waals surface area contributed by atoms with Gasteiger partial charge < -0.3 is 4.90 Å². The zero-order chi connectivity index (χ0) is 13.8. The predicted octanol–water partition coefficient (Wildman–Crippen LogP) is 4.54. The van der Waals surface area contributed by atoms with Gasteiger partial charge in [0.15, 0.2) is 0 Å². The molecule has 0 atom stereocenters. The lowest BCUT2D eigenvalue weighted by Crippen LogP contribution is -2.08. The fraction of sp³-hybridized carbons (Fsp3) is 0.222. The zero-order valence-corrected chi connectivity index (χ0v) is 12.1. The van der Waals surface area contributed by atoms with E-state index in [4.69, 9.17) is 0 Å². The second kappa shape index (κ2) is 5.75. The van der Waals surface area contributed by atoms with E-state index >= 15 is 0 Å². The Hall–Kier alpha value is -2.02. The van der Waals surface area contributed by atoms with Gasteiger partial charge in [0, 0.05) is 19.8 Å². The van der Waals surface area contributed by atoms with Gasteiger partial charge in [0.05, 0.1) is 0 Å². The fourth-order valence-corrected chi connectivity index (χ4v) is 1.99. The number of nitrogens with zero attached hydrogens (tertiary/aromatic N) is 1. The van der Waals surface area contributed by atoms with E-state index in [1.807, 2.05) is 0 Å². The van der Waals surface area contributed by atoms with E-state index < -0.39 is 0 Å². The summed E-state index contributed by atoms with van der Waals surface area (Å²) in [6, 6.07) is 15.1. The molecule has 2 aromatic carbocycles. The third kappa shape index (κ3) is 3.47. The van der Waals surface area contributed by atoms with Crippen molar-refractivity contribution in [3.8, 4) is 0 Å². The summed E-state index contributed by atoms with van der Waals surface area (Å²) in [6.45, 7) is 4.26. The number of aryl methyl sites for hydroxylation is 2. The Morgan fingerprint density at radius 2 is 1.53 bits per heavy atom. The summed E-state index contributed by atoms with van der Waals surface area (Å²) in [4.78, 5) is 2.13. The first-order valence-electron chi connectivity index (χ1n) is 6.59. The normalized spacial score (nSPS) is 10.9. The Morgan fingerprint density at radius 1 is 0.842 bits per heavy atom. The standard InChI is InChI=1S/C18H21N/c1-14-5-7-16(8-6-14)9-10-17-11-12-18(19(3)4)13-15(17)2/h5-13H,1-4H3. The number of hydrogen-bond donors (Lipinski definition) is 0. The second-order valence-corrected chi connectivity index (χ2v) is 5.18. The molecule has 0 N–H and O–H groups in total. The summed E-state index contributed by atoms with van der Waals surface area (Å²) in [5.41, 5.74) is 6.34. The molecule has 1 heteroatoms. The van der Waals surface area contributed by atoms with Gasteiger partial charge in [0.1, 0.15) is 0 Å². The average molecular weight is 251 g/mol. The van der Waals surface area contributed by atoms with Crippen molar-refractivity contribution in [3.05, 3.63) is 64.7 Å². The third-order valence-electron chi connectivity index (χ3n) is 3.30. The van der Waals surface area contributed by atoms with Crippen molar-refractivity contribution in [1.82, 2.24) is 0 Å². The van der Waals surface area contributed by atoms with Gasteiger partial charge in [-0.15, -0.1) is 0 Å². The largest absolute Gasteiger partial charge is 0.378 e. The average Bonchev–Trinajstić information content (AvgIpc) is 2.39. The van der Waals surface area contributed by atoms with E-state index in [2.05, 4.69) is 87.5 Å². The van der Waals surface area contributed by atoms with Crippen LogP contribution in [-0.4, -0.2) is 14.1 Å². The SMILES string of the molecule is Cc1ccc(C=Cc2ccc(N(C)C)cc2C)cc1. The maximum Gasteiger partial charge on any atom is 0.0364 e. The van der Waals surface area contributed by atoms with Crippen LogP contribution < -0.4 is 4.90 Å². The van der Waals surface area contributed by atoms with Gasteiger partial charge in [-0.3, -0.25) is 0 Å². The molecule has 0 amide bonds. The van der Waals surface area contributed by atoms with Gasteiger partial charge in [0.25, 0.3) is 0 Å². The maximum absolute atomic E-state index is 2.22. The number of hydrogen-bond acceptors (Lipinski definition) is 1. The summed E-state index contributed by atoms with van der Waals surface area (Å²) < 4.78 is 0. The van der Waals surface area contributed by atoms with Crippen LogP contribution in [-0.2, 0) is 0 Å². The first kappa shape index (κ1) is 13.4. The topological polar surface area (TPSA) is 3.24 Å². The minimum atomic E-state index is 1.24. The predicted molar refractivity (Wildman–Crippen MR) is 85.6 cm³/mol. The molecule has 98 valence electrons. The monoisotopic (exact) mass is 251 g/mol. The molecule has 0 unspecified atom stereocenters. The van der Waals surface area contributed by atoms with E-state index in [9.17, 15) is 0 Å². The van der Waals surface area contributed by atoms with E-state index in [0.717, 1.165) is 0 Å². The first-order chi connectivity index (χ1) is 9.06. The summed E-state index contributed by atoms with van der Waals surface area (Å²) in [5, 5.41) is 0. The lowest BCUT2D eigenvalue weighted by molar-refractivity contribution is 1.13. The Labute approximate surface area is 116 Å². The van der Waals surface area contributed by atoms with Gasteiger partial charge in [-0.25, -0.2) is 0 Å². The highest BCUT2D eigenvalue weighted by Crippen LogP contribution is 2.19. The smallest absolute Gasteiger partial charge is 0.0364 e. The number of benzene rings is 2. The van der Waals surface area contributed by atoms with Crippen LogP contribution >= 0.6 is 0 Å². The molecule has 1 nitrogen and oxygen atoms in total. The van der Waals surface area contributed by atoms with Crippen LogP contribution in [0.25, 0.3) is 12.2 Å². The van der Waals surface area contributed by atoms with Crippen LogP contribution in [0.4, 0.5) is 5.69 Å². The molecule has 0 spiro atoms. The van der Waals surface area contributed by atoms with Gasteiger partial charge in [-0.2, -0.15) is 0 Å². The van der Waals surface area contributed by atoms with Crippen molar-refractivity contribution in [1.29, 1.82) is 0 Å². The third-order valence-corrected chi connectivity index (χ3v) is 3.30. The van der Waals surface area contributed by atoms with Crippen LogP contribution in [0.2, 0.25) is 0 Å². The van der Waals surface area contributed by atoms with Crippen molar-refractivity contribution in [2.45, 2.75) is 13.8 Å². The molecule has 0 aliphatic carbocycles. The number of rotatable bonds is 3. The summed E-state index contributed by atoms with van der Waals surface area (Å²) in [5.74, 6) is 0. The van der Waals surface area contributed by atoms with Crippen LogP contribution in [0.3, 0.4) is 0 Å². The van der Waals surface area contributed by atoms with Crippen molar-refractivity contribution in [2.24, 2.45) is 0 Å². The molecule has 0 saturated carbocycles. The van der Waals surface area contributed by atoms with Gasteiger partial charge in [-0.05, 0) is 42.7 Å². The minimum absolute atomic E-state index is 1.24. The van der Waals surface area contributed by atoms with Crippen molar-refractivity contribution in [2.75, 3.05) is 19.0 Å². The highest BCUT2D eigenvalue weighted by Gasteiger charge is 1.99. The van der Waals surface area contributed by atoms with E-state index in [-0.39, 0.29) is 0 Å². The molecule has 0 aliphatic heterocycles. The fourth-order valence-electron chi connectivity index (χ4n) is 1.99. The van der Waals surface area contributed by atoms with Crippen LogP contribution in [0.15, 0.2) is 42.5 Å². The van der Waals surface area contributed by atoms with Crippen LogP contribution in [0.1, 0.15) is 22.3 Å². The molecule has 0 heterocycles. The summed E-state index contributed by atoms with van der Waals surface area (Å²) >= 11 is 0. The molecule has 2 aromatic rings. The van der Waals surface area contributed by atoms with Gasteiger partial charge in [-0.1, -0.05) is 48.0 Å². The van der Waals surface area contributed by atoms with Crippen LogP contribution in [0.5, 0.6) is 0 Å². The van der Waals surface area contributed by atoms with Crippen molar-refractivity contribution < 1.29 is 0 Å². The lowest BCUT2D eigenvalue weighted by Gasteiger charge is -2.13. The number of anilines is 1. The lowest BCUT2D eigenvalue weighted by atomic mass is 10.1. The van der Waals surface area contributed by atoms with Crippen LogP contribution in [0, 0.1) is 13.8 Å². The van der Waals surface area contributed by atoms with Gasteiger partial charge >= 0.3 is 0 Å². The van der Waals surface area contributed by atoms with E-state index in [1.54, 1.807) is 0 Å². The molecule has 0 bridgehead atoms. The Balaban J connectivity index is 2.21. The van der Waals surface area contributed by atoms with Crippen molar-refractivity contribution >= 4 is 17.8 Å².